The van der Waals surface area contributed by atoms with Crippen molar-refractivity contribution in [2.45, 2.75) is 13.8 Å². The highest BCUT2D eigenvalue weighted by Crippen LogP contribution is 2.15. The lowest BCUT2D eigenvalue weighted by Crippen LogP contribution is -2.11. The molecule has 86 valence electrons. The Kier molecular flexibility index (Phi) is 6.25. The number of carbonyl (C=O) groups is 1. The van der Waals surface area contributed by atoms with Gasteiger partial charge in [-0.1, -0.05) is 0 Å². The largest absolute Gasteiger partial charge is 0.493 e. The van der Waals surface area contributed by atoms with E-state index in [1.165, 1.54) is 14.2 Å². The maximum atomic E-state index is 11.2. The Morgan fingerprint density at radius 3 is 1.93 bits per heavy atom. The molecule has 15 heavy (non-hydrogen) atoms. The van der Waals surface area contributed by atoms with Gasteiger partial charge in [-0.15, -0.1) is 0 Å². The van der Waals surface area contributed by atoms with Crippen LogP contribution in [0.2, 0.25) is 0 Å². The summed E-state index contributed by atoms with van der Waals surface area (Å²) in [7, 11) is 4.43. The van der Waals surface area contributed by atoms with Crippen molar-refractivity contribution in [1.82, 2.24) is 0 Å². The third-order valence-electron chi connectivity index (χ3n) is 1.92. The van der Waals surface area contributed by atoms with Crippen molar-refractivity contribution in [2.24, 2.45) is 5.92 Å². The van der Waals surface area contributed by atoms with Crippen LogP contribution >= 0.6 is 0 Å². The molecule has 0 heterocycles. The molecule has 0 saturated heterocycles. The first-order valence-electron chi connectivity index (χ1n) is 4.65. The molecule has 0 amide bonds. The Morgan fingerprint density at radius 2 is 1.60 bits per heavy atom. The fourth-order valence-electron chi connectivity index (χ4n) is 1.09. The van der Waals surface area contributed by atoms with Gasteiger partial charge in [0.15, 0.2) is 11.5 Å². The van der Waals surface area contributed by atoms with E-state index in [1.807, 2.05) is 6.92 Å². The summed E-state index contributed by atoms with van der Waals surface area (Å²) in [5.74, 6) is 0.442. The normalized spacial score (nSPS) is 14.5. The highest BCUT2D eigenvalue weighted by molar-refractivity contribution is 5.74. The predicted molar refractivity (Wildman–Crippen MR) is 57.0 cm³/mol. The van der Waals surface area contributed by atoms with Crippen LogP contribution in [0.15, 0.2) is 23.7 Å². The zero-order valence-electron chi connectivity index (χ0n) is 9.87. The van der Waals surface area contributed by atoms with Crippen molar-refractivity contribution in [3.63, 3.8) is 0 Å². The number of hydrogen-bond acceptors (Lipinski definition) is 4. The van der Waals surface area contributed by atoms with Crippen LogP contribution in [-0.2, 0) is 19.0 Å². The lowest BCUT2D eigenvalue weighted by molar-refractivity contribution is -0.143. The molecular weight excluding hydrogens is 196 g/mol. The fraction of sp³-hybridized carbons (Fsp3) is 0.545. The Hall–Kier alpha value is -1.45. The minimum Gasteiger partial charge on any atom is -0.493 e. The van der Waals surface area contributed by atoms with Gasteiger partial charge in [-0.3, -0.25) is 4.79 Å². The van der Waals surface area contributed by atoms with Crippen molar-refractivity contribution < 1.29 is 19.0 Å². The third-order valence-corrected chi connectivity index (χ3v) is 1.92. The maximum absolute atomic E-state index is 11.2. The fourth-order valence-corrected chi connectivity index (χ4v) is 1.09. The standard InChI is InChI=1S/C11H18O4/c1-6-9(13-3)10(14-4)7-8(2)11(12)15-5/h6-8H,1-5H3/b9-6+,10-7+. The summed E-state index contributed by atoms with van der Waals surface area (Å²) in [6.07, 6.45) is 3.42. The van der Waals surface area contributed by atoms with Gasteiger partial charge < -0.3 is 14.2 Å². The Morgan fingerprint density at radius 1 is 1.07 bits per heavy atom. The zero-order valence-corrected chi connectivity index (χ0v) is 9.87. The Bertz CT molecular complexity index is 266. The number of carbonyl (C=O) groups excluding carboxylic acids is 1. The molecule has 0 fully saturated rings. The van der Waals surface area contributed by atoms with Crippen molar-refractivity contribution in [3.05, 3.63) is 23.7 Å². The SMILES string of the molecule is C/C=C(OC)\C(=C/C(C)C(=O)OC)OC. The highest BCUT2D eigenvalue weighted by atomic mass is 16.5. The van der Waals surface area contributed by atoms with Gasteiger partial charge in [-0.05, 0) is 26.0 Å². The van der Waals surface area contributed by atoms with Gasteiger partial charge in [0.05, 0.1) is 27.2 Å². The van der Waals surface area contributed by atoms with Crippen molar-refractivity contribution >= 4 is 5.97 Å². The summed E-state index contributed by atoms with van der Waals surface area (Å²) in [5.41, 5.74) is 0. The van der Waals surface area contributed by atoms with E-state index in [-0.39, 0.29) is 11.9 Å². The van der Waals surface area contributed by atoms with E-state index in [0.29, 0.717) is 11.5 Å². The van der Waals surface area contributed by atoms with Gasteiger partial charge in [0.2, 0.25) is 0 Å². The molecule has 0 spiro atoms. The van der Waals surface area contributed by atoms with Crippen LogP contribution < -0.4 is 0 Å². The second-order valence-corrected chi connectivity index (χ2v) is 2.90. The molecule has 0 aliphatic rings. The average Bonchev–Trinajstić information content (AvgIpc) is 2.27. The number of rotatable bonds is 5. The second kappa shape index (κ2) is 6.92. The molecule has 1 atom stereocenters. The van der Waals surface area contributed by atoms with E-state index in [0.717, 1.165) is 0 Å². The van der Waals surface area contributed by atoms with Crippen LogP contribution in [-0.4, -0.2) is 27.3 Å². The highest BCUT2D eigenvalue weighted by Gasteiger charge is 2.14. The van der Waals surface area contributed by atoms with E-state index in [9.17, 15) is 4.79 Å². The van der Waals surface area contributed by atoms with Gasteiger partial charge in [-0.25, -0.2) is 0 Å². The number of allylic oxidation sites excluding steroid dienone is 1. The van der Waals surface area contributed by atoms with Crippen LogP contribution in [0.5, 0.6) is 0 Å². The molecule has 4 heteroatoms. The topological polar surface area (TPSA) is 44.8 Å². The molecular formula is C11H18O4. The van der Waals surface area contributed by atoms with E-state index in [4.69, 9.17) is 9.47 Å². The van der Waals surface area contributed by atoms with Gasteiger partial charge in [0, 0.05) is 0 Å². The number of methoxy groups -OCH3 is 3. The molecule has 0 aromatic carbocycles. The number of ether oxygens (including phenoxy) is 3. The molecule has 0 aromatic rings. The smallest absolute Gasteiger partial charge is 0.312 e. The van der Waals surface area contributed by atoms with Crippen LogP contribution in [0.1, 0.15) is 13.8 Å². The van der Waals surface area contributed by atoms with Crippen LogP contribution in [0.4, 0.5) is 0 Å². The van der Waals surface area contributed by atoms with Crippen molar-refractivity contribution in [1.29, 1.82) is 0 Å². The second-order valence-electron chi connectivity index (χ2n) is 2.90. The van der Waals surface area contributed by atoms with E-state index >= 15 is 0 Å². The van der Waals surface area contributed by atoms with Crippen molar-refractivity contribution in [3.8, 4) is 0 Å². The minimum atomic E-state index is -0.366. The summed E-state index contributed by atoms with van der Waals surface area (Å²) < 4.78 is 14.8. The first-order valence-corrected chi connectivity index (χ1v) is 4.65. The molecule has 4 nitrogen and oxygen atoms in total. The van der Waals surface area contributed by atoms with E-state index < -0.39 is 0 Å². The molecule has 0 saturated carbocycles. The molecule has 0 rings (SSSR count). The number of esters is 1. The molecule has 0 aliphatic heterocycles. The van der Waals surface area contributed by atoms with Crippen LogP contribution in [0.3, 0.4) is 0 Å². The summed E-state index contributed by atoms with van der Waals surface area (Å²) in [4.78, 5) is 11.2. The average molecular weight is 214 g/mol. The Balaban J connectivity index is 4.80. The summed E-state index contributed by atoms with van der Waals surface area (Å²) in [5, 5.41) is 0. The van der Waals surface area contributed by atoms with Crippen molar-refractivity contribution in [2.75, 3.05) is 21.3 Å². The maximum Gasteiger partial charge on any atom is 0.312 e. The molecule has 0 bridgehead atoms. The molecule has 0 aliphatic carbocycles. The summed E-state index contributed by atoms with van der Waals surface area (Å²) in [6, 6.07) is 0. The van der Waals surface area contributed by atoms with Crippen LogP contribution in [0.25, 0.3) is 0 Å². The number of hydrogen-bond donors (Lipinski definition) is 0. The quantitative estimate of drug-likeness (QED) is 0.398. The lowest BCUT2D eigenvalue weighted by atomic mass is 10.1. The van der Waals surface area contributed by atoms with Gasteiger partial charge in [0.25, 0.3) is 0 Å². The van der Waals surface area contributed by atoms with E-state index in [1.54, 1.807) is 26.2 Å². The predicted octanol–water partition coefficient (Wildman–Crippen LogP) is 1.88. The summed E-state index contributed by atoms with van der Waals surface area (Å²) in [6.45, 7) is 3.56. The van der Waals surface area contributed by atoms with Gasteiger partial charge >= 0.3 is 5.97 Å². The van der Waals surface area contributed by atoms with E-state index in [2.05, 4.69) is 4.74 Å². The molecule has 0 radical (unpaired) electrons. The molecule has 0 N–H and O–H groups in total. The lowest BCUT2D eigenvalue weighted by Gasteiger charge is -2.11. The Labute approximate surface area is 90.5 Å². The summed E-state index contributed by atoms with van der Waals surface area (Å²) >= 11 is 0. The molecule has 0 aromatic heterocycles. The molecule has 1 unspecified atom stereocenters. The minimum absolute atomic E-state index is 0.309. The third kappa shape index (κ3) is 4.06. The first kappa shape index (κ1) is 13.5. The first-order chi connectivity index (χ1) is 7.10. The van der Waals surface area contributed by atoms with Gasteiger partial charge in [-0.2, -0.15) is 0 Å². The zero-order chi connectivity index (χ0) is 11.8. The van der Waals surface area contributed by atoms with Crippen LogP contribution in [0, 0.1) is 5.92 Å². The monoisotopic (exact) mass is 214 g/mol. The van der Waals surface area contributed by atoms with Gasteiger partial charge in [0.1, 0.15) is 0 Å².